The fraction of sp³-hybridized carbons (Fsp3) is 0.333. The van der Waals surface area contributed by atoms with Crippen LogP contribution >= 0.6 is 0 Å². The molecule has 2 N–H and O–H groups in total. The van der Waals surface area contributed by atoms with E-state index < -0.39 is 16.1 Å². The summed E-state index contributed by atoms with van der Waals surface area (Å²) < 4.78 is 25.6. The third kappa shape index (κ3) is 3.00. The first-order valence-corrected chi connectivity index (χ1v) is 5.97. The van der Waals surface area contributed by atoms with Crippen LogP contribution in [0.2, 0.25) is 0 Å². The highest BCUT2D eigenvalue weighted by molar-refractivity contribution is 7.89. The largest absolute Gasteiger partial charge is 0.395 e. The molecule has 0 aliphatic rings. The topological polar surface area (TPSA) is 103 Å². The summed E-state index contributed by atoms with van der Waals surface area (Å²) in [6.45, 7) is 1.25. The van der Waals surface area contributed by atoms with E-state index in [1.165, 1.54) is 19.1 Å². The maximum absolute atomic E-state index is 11.7. The zero-order valence-corrected chi connectivity index (χ0v) is 9.40. The van der Waals surface area contributed by atoms with Gasteiger partial charge in [0.25, 0.3) is 0 Å². The zero-order valence-electron chi connectivity index (χ0n) is 8.58. The van der Waals surface area contributed by atoms with Crippen LogP contribution < -0.4 is 4.72 Å². The van der Waals surface area contributed by atoms with Gasteiger partial charge < -0.3 is 5.11 Å². The molecule has 1 aromatic rings. The van der Waals surface area contributed by atoms with Gasteiger partial charge in [0.15, 0.2) is 0 Å². The summed E-state index contributed by atoms with van der Waals surface area (Å²) >= 11 is 0. The Kier molecular flexibility index (Phi) is 3.95. The van der Waals surface area contributed by atoms with E-state index in [9.17, 15) is 8.42 Å². The quantitative estimate of drug-likeness (QED) is 0.747. The standard InChI is InChI=1S/C9H11N3O3S/c1-7(6-13)12-16(14,15)9-3-2-8(4-10)11-5-9/h2-3,5,7,12-13H,6H2,1H3/t7-/m0/s1. The predicted octanol–water partition coefficient (Wildman–Crippen LogP) is -0.388. The number of aromatic nitrogens is 1. The van der Waals surface area contributed by atoms with Crippen molar-refractivity contribution < 1.29 is 13.5 Å². The van der Waals surface area contributed by atoms with Crippen LogP contribution in [0.15, 0.2) is 23.2 Å². The van der Waals surface area contributed by atoms with Gasteiger partial charge in [-0.2, -0.15) is 5.26 Å². The van der Waals surface area contributed by atoms with E-state index in [0.717, 1.165) is 6.20 Å². The zero-order chi connectivity index (χ0) is 12.2. The summed E-state index contributed by atoms with van der Waals surface area (Å²) in [4.78, 5) is 3.62. The summed E-state index contributed by atoms with van der Waals surface area (Å²) in [6.07, 6.45) is 1.10. The molecule has 0 fully saturated rings. The van der Waals surface area contributed by atoms with Gasteiger partial charge in [0, 0.05) is 12.2 Å². The Hall–Kier alpha value is -1.49. The lowest BCUT2D eigenvalue weighted by Crippen LogP contribution is -2.35. The van der Waals surface area contributed by atoms with Gasteiger partial charge in [-0.3, -0.25) is 0 Å². The van der Waals surface area contributed by atoms with Crippen LogP contribution in [0, 0.1) is 11.3 Å². The third-order valence-electron chi connectivity index (χ3n) is 1.79. The Balaban J connectivity index is 2.95. The van der Waals surface area contributed by atoms with E-state index in [-0.39, 0.29) is 17.2 Å². The molecule has 7 heteroatoms. The highest BCUT2D eigenvalue weighted by atomic mass is 32.2. The summed E-state index contributed by atoms with van der Waals surface area (Å²) in [5.74, 6) is 0. The third-order valence-corrected chi connectivity index (χ3v) is 3.37. The lowest BCUT2D eigenvalue weighted by molar-refractivity contribution is 0.265. The molecule has 6 nitrogen and oxygen atoms in total. The molecule has 0 unspecified atom stereocenters. The molecule has 1 aromatic heterocycles. The van der Waals surface area contributed by atoms with Crippen molar-refractivity contribution in [3.05, 3.63) is 24.0 Å². The molecule has 1 atom stereocenters. The van der Waals surface area contributed by atoms with E-state index >= 15 is 0 Å². The molecule has 16 heavy (non-hydrogen) atoms. The van der Waals surface area contributed by atoms with Gasteiger partial charge in [0.05, 0.1) is 6.61 Å². The Labute approximate surface area is 93.6 Å². The predicted molar refractivity (Wildman–Crippen MR) is 55.8 cm³/mol. The van der Waals surface area contributed by atoms with Gasteiger partial charge in [-0.15, -0.1) is 0 Å². The first-order valence-electron chi connectivity index (χ1n) is 4.49. The second-order valence-electron chi connectivity index (χ2n) is 3.20. The lowest BCUT2D eigenvalue weighted by atomic mass is 10.4. The summed E-state index contributed by atoms with van der Waals surface area (Å²) in [5.41, 5.74) is 0.147. The molecular weight excluding hydrogens is 230 g/mol. The Bertz CT molecular complexity index is 490. The average molecular weight is 241 g/mol. The van der Waals surface area contributed by atoms with Crippen LogP contribution in [-0.4, -0.2) is 31.2 Å². The SMILES string of the molecule is C[C@@H](CO)NS(=O)(=O)c1ccc(C#N)nc1. The fourth-order valence-corrected chi connectivity index (χ4v) is 2.15. The van der Waals surface area contributed by atoms with Crippen molar-refractivity contribution in [3.8, 4) is 6.07 Å². The monoisotopic (exact) mass is 241 g/mol. The van der Waals surface area contributed by atoms with Crippen molar-refractivity contribution in [2.24, 2.45) is 0 Å². The minimum atomic E-state index is -3.68. The fourth-order valence-electron chi connectivity index (χ4n) is 0.976. The van der Waals surface area contributed by atoms with E-state index in [1.54, 1.807) is 6.07 Å². The van der Waals surface area contributed by atoms with Crippen molar-refractivity contribution in [3.63, 3.8) is 0 Å². The van der Waals surface area contributed by atoms with Crippen molar-refractivity contribution in [2.75, 3.05) is 6.61 Å². The molecule has 1 rings (SSSR count). The van der Waals surface area contributed by atoms with Gasteiger partial charge in [0.1, 0.15) is 16.7 Å². The number of nitriles is 1. The number of hydrogen-bond acceptors (Lipinski definition) is 5. The molecule has 0 radical (unpaired) electrons. The van der Waals surface area contributed by atoms with Gasteiger partial charge in [-0.25, -0.2) is 18.1 Å². The average Bonchev–Trinajstić information content (AvgIpc) is 2.28. The molecule has 0 aliphatic heterocycles. The molecule has 0 amide bonds. The van der Waals surface area contributed by atoms with Gasteiger partial charge in [-0.1, -0.05) is 0 Å². The number of aliphatic hydroxyl groups is 1. The summed E-state index contributed by atoms with van der Waals surface area (Å²) in [5, 5.41) is 17.2. The summed E-state index contributed by atoms with van der Waals surface area (Å²) in [7, 11) is -3.68. The van der Waals surface area contributed by atoms with Crippen molar-refractivity contribution in [1.29, 1.82) is 5.26 Å². The number of sulfonamides is 1. The first-order chi connectivity index (χ1) is 7.49. The molecule has 86 valence electrons. The molecule has 0 aromatic carbocycles. The second kappa shape index (κ2) is 5.03. The van der Waals surface area contributed by atoms with E-state index in [0.29, 0.717) is 0 Å². The normalized spacial score (nSPS) is 13.1. The minimum Gasteiger partial charge on any atom is -0.395 e. The van der Waals surface area contributed by atoms with Crippen LogP contribution in [0.1, 0.15) is 12.6 Å². The van der Waals surface area contributed by atoms with Gasteiger partial charge in [0.2, 0.25) is 10.0 Å². The van der Waals surface area contributed by atoms with E-state index in [1.807, 2.05) is 0 Å². The Morgan fingerprint density at radius 2 is 2.31 bits per heavy atom. The number of hydrogen-bond donors (Lipinski definition) is 2. The maximum Gasteiger partial charge on any atom is 0.242 e. The van der Waals surface area contributed by atoms with Crippen LogP contribution in [-0.2, 0) is 10.0 Å². The highest BCUT2D eigenvalue weighted by Crippen LogP contribution is 2.07. The minimum absolute atomic E-state index is 0.0354. The Morgan fingerprint density at radius 1 is 1.62 bits per heavy atom. The van der Waals surface area contributed by atoms with Crippen LogP contribution in [0.3, 0.4) is 0 Å². The maximum atomic E-state index is 11.7. The van der Waals surface area contributed by atoms with Crippen LogP contribution in [0.4, 0.5) is 0 Å². The second-order valence-corrected chi connectivity index (χ2v) is 4.91. The van der Waals surface area contributed by atoms with E-state index in [2.05, 4.69) is 9.71 Å². The molecule has 0 bridgehead atoms. The van der Waals surface area contributed by atoms with Crippen molar-refractivity contribution in [2.45, 2.75) is 17.9 Å². The molecule has 1 heterocycles. The molecular formula is C9H11N3O3S. The number of nitrogens with zero attached hydrogens (tertiary/aromatic N) is 2. The molecule has 0 aliphatic carbocycles. The first kappa shape index (κ1) is 12.6. The lowest BCUT2D eigenvalue weighted by Gasteiger charge is -2.10. The number of aliphatic hydroxyl groups excluding tert-OH is 1. The van der Waals surface area contributed by atoms with Crippen molar-refractivity contribution in [1.82, 2.24) is 9.71 Å². The van der Waals surface area contributed by atoms with Gasteiger partial charge >= 0.3 is 0 Å². The highest BCUT2D eigenvalue weighted by Gasteiger charge is 2.16. The van der Waals surface area contributed by atoms with Gasteiger partial charge in [-0.05, 0) is 19.1 Å². The van der Waals surface area contributed by atoms with Crippen molar-refractivity contribution >= 4 is 10.0 Å². The number of rotatable bonds is 4. The Morgan fingerprint density at radius 3 is 2.75 bits per heavy atom. The molecule has 0 saturated carbocycles. The number of nitrogens with one attached hydrogen (secondary N) is 1. The smallest absolute Gasteiger partial charge is 0.242 e. The molecule has 0 saturated heterocycles. The molecule has 0 spiro atoms. The van der Waals surface area contributed by atoms with Crippen LogP contribution in [0.25, 0.3) is 0 Å². The van der Waals surface area contributed by atoms with Crippen LogP contribution in [0.5, 0.6) is 0 Å². The summed E-state index contributed by atoms with van der Waals surface area (Å²) in [6, 6.07) is 3.83. The van der Waals surface area contributed by atoms with E-state index in [4.69, 9.17) is 10.4 Å². The number of pyridine rings is 1.